The van der Waals surface area contributed by atoms with Crippen molar-refractivity contribution in [2.75, 3.05) is 39.4 Å². The number of piperazine rings is 1. The molecule has 39 heavy (non-hydrogen) atoms. The Morgan fingerprint density at radius 3 is 2.54 bits per heavy atom. The van der Waals surface area contributed by atoms with Gasteiger partial charge in [0.15, 0.2) is 12.3 Å². The van der Waals surface area contributed by atoms with Crippen molar-refractivity contribution in [3.05, 3.63) is 82.3 Å². The summed E-state index contributed by atoms with van der Waals surface area (Å²) in [6.45, 7) is 6.60. The standard InChI is InChI=1S/C28H29ClN6O4/c1-3-38-24-7-5-4-6-23(24)35-27(32-26-22(28(35)37)16-30-18-31-26)19(2)33-12-14-34(15-13-33)25(36)17-39-21-10-8-20(29)9-11-21/h4-11,16,18-19H,3,12-15,17H2,1-2H3. The third kappa shape index (κ3) is 5.71. The molecule has 0 spiro atoms. The average Bonchev–Trinajstić information content (AvgIpc) is 2.97. The van der Waals surface area contributed by atoms with Crippen LogP contribution in [0, 0.1) is 0 Å². The minimum atomic E-state index is -0.261. The molecule has 4 aromatic rings. The van der Waals surface area contributed by atoms with Crippen molar-refractivity contribution in [1.29, 1.82) is 0 Å². The third-order valence-electron chi connectivity index (χ3n) is 6.74. The summed E-state index contributed by atoms with van der Waals surface area (Å²) in [7, 11) is 0. The minimum absolute atomic E-state index is 0.0448. The van der Waals surface area contributed by atoms with Crippen LogP contribution in [0.15, 0.2) is 65.8 Å². The second-order valence-corrected chi connectivity index (χ2v) is 9.54. The summed E-state index contributed by atoms with van der Waals surface area (Å²) < 4.78 is 13.1. The Morgan fingerprint density at radius 1 is 1.05 bits per heavy atom. The maximum Gasteiger partial charge on any atom is 0.269 e. The van der Waals surface area contributed by atoms with Crippen molar-refractivity contribution in [1.82, 2.24) is 29.3 Å². The van der Waals surface area contributed by atoms with E-state index in [1.807, 2.05) is 38.1 Å². The summed E-state index contributed by atoms with van der Waals surface area (Å²) in [6, 6.07) is 14.1. The molecule has 0 bridgehead atoms. The van der Waals surface area contributed by atoms with Gasteiger partial charge in [0, 0.05) is 37.4 Å². The highest BCUT2D eigenvalue weighted by Crippen LogP contribution is 2.28. The first-order chi connectivity index (χ1) is 19.0. The van der Waals surface area contributed by atoms with Gasteiger partial charge in [-0.25, -0.2) is 15.0 Å². The monoisotopic (exact) mass is 548 g/mol. The van der Waals surface area contributed by atoms with Gasteiger partial charge in [-0.1, -0.05) is 23.7 Å². The van der Waals surface area contributed by atoms with Crippen LogP contribution in [0.5, 0.6) is 11.5 Å². The Labute approximate surface area is 230 Å². The van der Waals surface area contributed by atoms with E-state index >= 15 is 0 Å². The average molecular weight is 549 g/mol. The van der Waals surface area contributed by atoms with E-state index < -0.39 is 0 Å². The van der Waals surface area contributed by atoms with E-state index in [0.29, 0.717) is 71.9 Å². The zero-order chi connectivity index (χ0) is 27.4. The van der Waals surface area contributed by atoms with Gasteiger partial charge in [0.1, 0.15) is 29.0 Å². The molecule has 0 saturated carbocycles. The van der Waals surface area contributed by atoms with Gasteiger partial charge in [-0.05, 0) is 50.2 Å². The molecule has 3 heterocycles. The number of para-hydroxylation sites is 2. The van der Waals surface area contributed by atoms with Crippen molar-refractivity contribution in [3.63, 3.8) is 0 Å². The van der Waals surface area contributed by atoms with E-state index in [9.17, 15) is 9.59 Å². The molecular formula is C28H29ClN6O4. The van der Waals surface area contributed by atoms with Gasteiger partial charge >= 0.3 is 0 Å². The van der Waals surface area contributed by atoms with Crippen molar-refractivity contribution < 1.29 is 14.3 Å². The molecule has 1 aliphatic rings. The second-order valence-electron chi connectivity index (χ2n) is 9.11. The molecular weight excluding hydrogens is 520 g/mol. The first kappa shape index (κ1) is 26.6. The first-order valence-corrected chi connectivity index (χ1v) is 13.2. The largest absolute Gasteiger partial charge is 0.492 e. The van der Waals surface area contributed by atoms with E-state index in [0.717, 1.165) is 0 Å². The highest BCUT2D eigenvalue weighted by molar-refractivity contribution is 6.30. The molecule has 2 aromatic carbocycles. The Hall–Kier alpha value is -4.02. The lowest BCUT2D eigenvalue weighted by Gasteiger charge is -2.38. The number of ether oxygens (including phenoxy) is 2. The minimum Gasteiger partial charge on any atom is -0.492 e. The molecule has 1 amide bonds. The number of nitrogens with zero attached hydrogens (tertiary/aromatic N) is 6. The predicted octanol–water partition coefficient (Wildman–Crippen LogP) is 3.51. The number of rotatable bonds is 8. The van der Waals surface area contributed by atoms with Gasteiger partial charge in [-0.2, -0.15) is 0 Å². The zero-order valence-electron chi connectivity index (χ0n) is 21.8. The molecule has 1 atom stereocenters. The van der Waals surface area contributed by atoms with Gasteiger partial charge in [0.05, 0.1) is 18.3 Å². The van der Waals surface area contributed by atoms with E-state index in [4.69, 9.17) is 26.1 Å². The van der Waals surface area contributed by atoms with E-state index in [-0.39, 0.29) is 24.1 Å². The predicted molar refractivity (Wildman–Crippen MR) is 148 cm³/mol. The van der Waals surface area contributed by atoms with Gasteiger partial charge in [-0.3, -0.25) is 19.1 Å². The quantitative estimate of drug-likeness (QED) is 0.329. The highest BCUT2D eigenvalue weighted by Gasteiger charge is 2.29. The summed E-state index contributed by atoms with van der Waals surface area (Å²) in [5, 5.41) is 0.940. The number of amides is 1. The number of hydrogen-bond acceptors (Lipinski definition) is 8. The molecule has 2 aromatic heterocycles. The zero-order valence-corrected chi connectivity index (χ0v) is 22.5. The molecule has 10 nitrogen and oxygen atoms in total. The number of benzene rings is 2. The lowest BCUT2D eigenvalue weighted by molar-refractivity contribution is -0.135. The van der Waals surface area contributed by atoms with Gasteiger partial charge in [0.25, 0.3) is 11.5 Å². The fourth-order valence-electron chi connectivity index (χ4n) is 4.67. The van der Waals surface area contributed by atoms with Crippen LogP contribution >= 0.6 is 11.6 Å². The fourth-order valence-corrected chi connectivity index (χ4v) is 4.79. The van der Waals surface area contributed by atoms with Crippen LogP contribution in [0.3, 0.4) is 0 Å². The maximum atomic E-state index is 13.7. The molecule has 1 saturated heterocycles. The summed E-state index contributed by atoms with van der Waals surface area (Å²) >= 11 is 5.91. The Kier molecular flexibility index (Phi) is 8.04. The van der Waals surface area contributed by atoms with Crippen LogP contribution in [0.1, 0.15) is 25.7 Å². The molecule has 202 valence electrons. The smallest absolute Gasteiger partial charge is 0.269 e. The molecule has 0 N–H and O–H groups in total. The molecule has 1 fully saturated rings. The molecule has 5 rings (SSSR count). The van der Waals surface area contributed by atoms with Gasteiger partial charge < -0.3 is 14.4 Å². The summed E-state index contributed by atoms with van der Waals surface area (Å²) in [6.07, 6.45) is 2.88. The van der Waals surface area contributed by atoms with E-state index in [1.165, 1.54) is 12.5 Å². The lowest BCUT2D eigenvalue weighted by atomic mass is 10.2. The molecule has 0 radical (unpaired) electrons. The molecule has 0 aliphatic carbocycles. The number of halogens is 1. The Bertz CT molecular complexity index is 1520. The Balaban J connectivity index is 1.37. The first-order valence-electron chi connectivity index (χ1n) is 12.8. The highest BCUT2D eigenvalue weighted by atomic mass is 35.5. The summed E-state index contributed by atoms with van der Waals surface area (Å²) in [5.74, 6) is 1.64. The summed E-state index contributed by atoms with van der Waals surface area (Å²) in [5.41, 5.74) is 0.690. The van der Waals surface area contributed by atoms with Crippen LogP contribution in [-0.2, 0) is 4.79 Å². The van der Waals surface area contributed by atoms with E-state index in [1.54, 1.807) is 33.7 Å². The summed E-state index contributed by atoms with van der Waals surface area (Å²) in [4.78, 5) is 43.6. The fraction of sp³-hybridized carbons (Fsp3) is 0.321. The SMILES string of the molecule is CCOc1ccccc1-n1c(C(C)N2CCN(C(=O)COc3ccc(Cl)cc3)CC2)nc2ncncc2c1=O. The number of carbonyl (C=O) groups is 1. The van der Waals surface area contributed by atoms with Crippen LogP contribution in [0.2, 0.25) is 5.02 Å². The van der Waals surface area contributed by atoms with Crippen LogP contribution < -0.4 is 15.0 Å². The number of aromatic nitrogens is 4. The van der Waals surface area contributed by atoms with Crippen LogP contribution in [0.4, 0.5) is 0 Å². The van der Waals surface area contributed by atoms with E-state index in [2.05, 4.69) is 14.9 Å². The second kappa shape index (κ2) is 11.8. The van der Waals surface area contributed by atoms with Gasteiger partial charge in [0.2, 0.25) is 0 Å². The topological polar surface area (TPSA) is 103 Å². The number of fused-ring (bicyclic) bond motifs is 1. The van der Waals surface area contributed by atoms with Crippen molar-refractivity contribution >= 4 is 28.5 Å². The van der Waals surface area contributed by atoms with Gasteiger partial charge in [-0.15, -0.1) is 0 Å². The van der Waals surface area contributed by atoms with Crippen LogP contribution in [-0.4, -0.2) is 74.6 Å². The molecule has 1 aliphatic heterocycles. The van der Waals surface area contributed by atoms with Crippen molar-refractivity contribution in [3.8, 4) is 17.2 Å². The molecule has 11 heteroatoms. The van der Waals surface area contributed by atoms with Crippen LogP contribution in [0.25, 0.3) is 16.7 Å². The molecule has 1 unspecified atom stereocenters. The maximum absolute atomic E-state index is 13.7. The third-order valence-corrected chi connectivity index (χ3v) is 7.00. The normalized spacial score (nSPS) is 14.8. The Morgan fingerprint density at radius 2 is 1.79 bits per heavy atom. The van der Waals surface area contributed by atoms with Crippen molar-refractivity contribution in [2.45, 2.75) is 19.9 Å². The number of carbonyl (C=O) groups excluding carboxylic acids is 1. The lowest BCUT2D eigenvalue weighted by Crippen LogP contribution is -2.51. The number of hydrogen-bond donors (Lipinski definition) is 0. The van der Waals surface area contributed by atoms with Crippen molar-refractivity contribution in [2.24, 2.45) is 0 Å².